The monoisotopic (exact) mass is 239 g/mol. The van der Waals surface area contributed by atoms with Crippen LogP contribution in [0.4, 0.5) is 0 Å². The maximum absolute atomic E-state index is 2.59. The van der Waals surface area contributed by atoms with Crippen molar-refractivity contribution in [1.29, 1.82) is 0 Å². The molecule has 1 spiro atoms. The Kier molecular flexibility index (Phi) is 6.54. The standard InChI is InChI=1S/C13H25N.C3H8/c1-3-11-14(2)12-5-9-13(10-6-12)7-4-8-13;1-3-2/h12H,3-11H2,1-2H3;3H2,1-2H3. The first-order chi connectivity index (χ1) is 8.17. The second-order valence-electron chi connectivity index (χ2n) is 6.27. The number of hydrogen-bond acceptors (Lipinski definition) is 1. The van der Waals surface area contributed by atoms with Crippen molar-refractivity contribution < 1.29 is 0 Å². The lowest BCUT2D eigenvalue weighted by Crippen LogP contribution is -2.41. The molecule has 0 unspecified atom stereocenters. The Labute approximate surface area is 109 Å². The summed E-state index contributed by atoms with van der Waals surface area (Å²) in [6, 6.07) is 0.904. The Bertz CT molecular complexity index is 186. The van der Waals surface area contributed by atoms with Crippen molar-refractivity contribution in [3.05, 3.63) is 0 Å². The lowest BCUT2D eigenvalue weighted by atomic mass is 9.60. The van der Waals surface area contributed by atoms with Gasteiger partial charge in [-0.2, -0.15) is 0 Å². The van der Waals surface area contributed by atoms with Crippen LogP contribution in [0, 0.1) is 5.41 Å². The van der Waals surface area contributed by atoms with E-state index in [0.29, 0.717) is 0 Å². The minimum atomic E-state index is 0.837. The molecule has 2 aliphatic rings. The largest absolute Gasteiger partial charge is 0.303 e. The third kappa shape index (κ3) is 4.28. The smallest absolute Gasteiger partial charge is 0.00926 e. The van der Waals surface area contributed by atoms with Gasteiger partial charge in [-0.3, -0.25) is 0 Å². The molecule has 0 saturated heterocycles. The van der Waals surface area contributed by atoms with Gasteiger partial charge in [-0.05, 0) is 64.0 Å². The molecule has 1 heteroatoms. The van der Waals surface area contributed by atoms with Crippen LogP contribution in [0.1, 0.15) is 78.6 Å². The van der Waals surface area contributed by atoms with Gasteiger partial charge < -0.3 is 4.90 Å². The molecule has 1 nitrogen and oxygen atoms in total. The molecule has 0 amide bonds. The molecule has 2 fully saturated rings. The van der Waals surface area contributed by atoms with Crippen molar-refractivity contribution in [1.82, 2.24) is 4.90 Å². The summed E-state index contributed by atoms with van der Waals surface area (Å²) in [7, 11) is 2.31. The van der Waals surface area contributed by atoms with Gasteiger partial charge in [0.25, 0.3) is 0 Å². The van der Waals surface area contributed by atoms with Crippen LogP contribution in [0.2, 0.25) is 0 Å². The Morgan fingerprint density at radius 1 is 1.00 bits per heavy atom. The SMILES string of the molecule is CCC.CCCN(C)C1CCC2(CCC2)CC1. The third-order valence-corrected chi connectivity index (χ3v) is 4.63. The molecule has 0 heterocycles. The van der Waals surface area contributed by atoms with Gasteiger partial charge in [0.2, 0.25) is 0 Å². The average molecular weight is 239 g/mol. The zero-order valence-electron chi connectivity index (χ0n) is 12.6. The van der Waals surface area contributed by atoms with Crippen LogP contribution >= 0.6 is 0 Å². The van der Waals surface area contributed by atoms with Crippen LogP contribution in [0.3, 0.4) is 0 Å². The number of rotatable bonds is 3. The third-order valence-electron chi connectivity index (χ3n) is 4.63. The van der Waals surface area contributed by atoms with E-state index in [1.165, 1.54) is 64.3 Å². The molecule has 0 radical (unpaired) electrons. The summed E-state index contributed by atoms with van der Waals surface area (Å²) in [6.07, 6.45) is 13.1. The van der Waals surface area contributed by atoms with Gasteiger partial charge in [-0.1, -0.05) is 33.6 Å². The van der Waals surface area contributed by atoms with Crippen LogP contribution in [0.15, 0.2) is 0 Å². The van der Waals surface area contributed by atoms with E-state index < -0.39 is 0 Å². The topological polar surface area (TPSA) is 3.24 Å². The Morgan fingerprint density at radius 2 is 1.53 bits per heavy atom. The van der Waals surface area contributed by atoms with E-state index in [-0.39, 0.29) is 0 Å². The predicted octanol–water partition coefficient (Wildman–Crippen LogP) is 4.86. The summed E-state index contributed by atoms with van der Waals surface area (Å²) in [5.41, 5.74) is 0.837. The van der Waals surface area contributed by atoms with Gasteiger partial charge in [0.05, 0.1) is 0 Å². The van der Waals surface area contributed by atoms with Crippen molar-refractivity contribution >= 4 is 0 Å². The maximum Gasteiger partial charge on any atom is 0.00926 e. The Balaban J connectivity index is 0.000000437. The van der Waals surface area contributed by atoms with E-state index in [1.807, 2.05) is 0 Å². The summed E-state index contributed by atoms with van der Waals surface area (Å²) < 4.78 is 0. The molecule has 2 saturated carbocycles. The van der Waals surface area contributed by atoms with Crippen LogP contribution in [0.25, 0.3) is 0 Å². The van der Waals surface area contributed by atoms with E-state index in [2.05, 4.69) is 32.7 Å². The molecule has 0 bridgehead atoms. The quantitative estimate of drug-likeness (QED) is 0.680. The van der Waals surface area contributed by atoms with E-state index >= 15 is 0 Å². The molecular weight excluding hydrogens is 206 g/mol. The van der Waals surface area contributed by atoms with E-state index in [9.17, 15) is 0 Å². The maximum atomic E-state index is 2.59. The van der Waals surface area contributed by atoms with Crippen LogP contribution in [0.5, 0.6) is 0 Å². The first-order valence-electron chi connectivity index (χ1n) is 7.87. The van der Waals surface area contributed by atoms with Gasteiger partial charge in [-0.25, -0.2) is 0 Å². The summed E-state index contributed by atoms with van der Waals surface area (Å²) in [5, 5.41) is 0. The van der Waals surface area contributed by atoms with Crippen LogP contribution < -0.4 is 0 Å². The Hall–Kier alpha value is -0.0400. The molecule has 0 aromatic heterocycles. The lowest BCUT2D eigenvalue weighted by Gasteiger charge is -2.48. The molecule has 102 valence electrons. The zero-order valence-corrected chi connectivity index (χ0v) is 12.6. The van der Waals surface area contributed by atoms with Crippen molar-refractivity contribution in [2.45, 2.75) is 84.6 Å². The lowest BCUT2D eigenvalue weighted by molar-refractivity contribution is 0.0380. The van der Waals surface area contributed by atoms with Gasteiger partial charge in [0.15, 0.2) is 0 Å². The fourth-order valence-corrected chi connectivity index (χ4v) is 3.37. The molecule has 2 aliphatic carbocycles. The summed E-state index contributed by atoms with van der Waals surface area (Å²) in [4.78, 5) is 2.59. The first kappa shape index (κ1) is 15.0. The fourth-order valence-electron chi connectivity index (χ4n) is 3.37. The second-order valence-corrected chi connectivity index (χ2v) is 6.27. The number of nitrogens with zero attached hydrogens (tertiary/aromatic N) is 1. The highest BCUT2D eigenvalue weighted by atomic mass is 15.1. The predicted molar refractivity (Wildman–Crippen MR) is 77.4 cm³/mol. The van der Waals surface area contributed by atoms with Crippen molar-refractivity contribution in [3.63, 3.8) is 0 Å². The van der Waals surface area contributed by atoms with E-state index in [4.69, 9.17) is 0 Å². The molecule has 0 aromatic carbocycles. The van der Waals surface area contributed by atoms with E-state index in [1.54, 1.807) is 0 Å². The summed E-state index contributed by atoms with van der Waals surface area (Å²) in [6.45, 7) is 7.82. The van der Waals surface area contributed by atoms with E-state index in [0.717, 1.165) is 11.5 Å². The normalized spacial score (nSPS) is 23.1. The number of hydrogen-bond donors (Lipinski definition) is 0. The van der Waals surface area contributed by atoms with Crippen molar-refractivity contribution in [2.24, 2.45) is 5.41 Å². The highest BCUT2D eigenvalue weighted by Gasteiger charge is 2.40. The molecule has 0 N–H and O–H groups in total. The highest BCUT2D eigenvalue weighted by molar-refractivity contribution is 4.93. The summed E-state index contributed by atoms with van der Waals surface area (Å²) in [5.74, 6) is 0. The minimum Gasteiger partial charge on any atom is -0.303 e. The zero-order chi connectivity index (χ0) is 12.7. The van der Waals surface area contributed by atoms with Crippen LogP contribution in [-0.2, 0) is 0 Å². The molecule has 0 aromatic rings. The molecule has 0 atom stereocenters. The van der Waals surface area contributed by atoms with Gasteiger partial charge >= 0.3 is 0 Å². The van der Waals surface area contributed by atoms with Crippen molar-refractivity contribution in [3.8, 4) is 0 Å². The fraction of sp³-hybridized carbons (Fsp3) is 1.00. The summed E-state index contributed by atoms with van der Waals surface area (Å²) >= 11 is 0. The molecular formula is C16H33N. The van der Waals surface area contributed by atoms with Crippen LogP contribution in [-0.4, -0.2) is 24.5 Å². The van der Waals surface area contributed by atoms with Gasteiger partial charge in [0, 0.05) is 6.04 Å². The molecule has 0 aliphatic heterocycles. The van der Waals surface area contributed by atoms with Gasteiger partial charge in [-0.15, -0.1) is 0 Å². The first-order valence-corrected chi connectivity index (χ1v) is 7.87. The average Bonchev–Trinajstić information content (AvgIpc) is 2.28. The molecule has 17 heavy (non-hydrogen) atoms. The second kappa shape index (κ2) is 7.41. The Morgan fingerprint density at radius 3 is 1.88 bits per heavy atom. The molecule has 2 rings (SSSR count). The van der Waals surface area contributed by atoms with Crippen molar-refractivity contribution in [2.75, 3.05) is 13.6 Å². The highest BCUT2D eigenvalue weighted by Crippen LogP contribution is 2.51. The minimum absolute atomic E-state index is 0.837. The van der Waals surface area contributed by atoms with Gasteiger partial charge in [0.1, 0.15) is 0 Å².